The molecule has 9 nitrogen and oxygen atoms in total. The zero-order chi connectivity index (χ0) is 25.6. The molecule has 1 aromatic carbocycles. The first-order valence-electron chi connectivity index (χ1n) is 12.8. The third-order valence-electron chi connectivity index (χ3n) is 6.86. The van der Waals surface area contributed by atoms with E-state index in [1.165, 1.54) is 0 Å². The van der Waals surface area contributed by atoms with Gasteiger partial charge in [-0.1, -0.05) is 12.1 Å². The van der Waals surface area contributed by atoms with Gasteiger partial charge in [0.05, 0.1) is 29.2 Å². The number of hydrogen-bond donors (Lipinski definition) is 2. The summed E-state index contributed by atoms with van der Waals surface area (Å²) in [6, 6.07) is 13.5. The van der Waals surface area contributed by atoms with Crippen molar-refractivity contribution in [1.82, 2.24) is 24.8 Å². The summed E-state index contributed by atoms with van der Waals surface area (Å²) in [6.07, 6.45) is 6.00. The molecule has 2 fully saturated rings. The monoisotopic (exact) mass is 497 g/mol. The molecule has 0 spiro atoms. The van der Waals surface area contributed by atoms with Crippen LogP contribution in [0.3, 0.4) is 0 Å². The number of β-amino-alcohol motifs (C(OH)–C–C–N with tert-alkyl or cyclic N) is 1. The molecule has 9 heteroatoms. The summed E-state index contributed by atoms with van der Waals surface area (Å²) in [5.41, 5.74) is 4.55. The normalized spacial score (nSPS) is 16.3. The lowest BCUT2D eigenvalue weighted by atomic mass is 10.1. The van der Waals surface area contributed by atoms with Crippen LogP contribution in [0.4, 0.5) is 5.69 Å². The van der Waals surface area contributed by atoms with Crippen LogP contribution in [0.15, 0.2) is 48.8 Å². The minimum atomic E-state index is -0.0196. The standard InChI is InChI=1S/C28H31N7O2/c29-17-23-16-22(4-6-25(23)33-28(37)21-2-3-21)26-7-8-30-27(32-26)15-20-1-5-24(31-18-20)19-35-11-9-34(10-12-35)13-14-36/h1,4-8,16,18,21,36H,2-3,9-15,19H2,(H,33,37). The molecule has 0 unspecified atom stereocenters. The van der Waals surface area contributed by atoms with Crippen molar-refractivity contribution >= 4 is 11.6 Å². The van der Waals surface area contributed by atoms with Gasteiger partial charge in [-0.15, -0.1) is 0 Å². The number of aliphatic hydroxyl groups excluding tert-OH is 1. The maximum absolute atomic E-state index is 12.1. The summed E-state index contributed by atoms with van der Waals surface area (Å²) in [5.74, 6) is 0.734. The zero-order valence-corrected chi connectivity index (χ0v) is 20.8. The van der Waals surface area contributed by atoms with E-state index in [4.69, 9.17) is 10.1 Å². The summed E-state index contributed by atoms with van der Waals surface area (Å²) in [4.78, 5) is 30.6. The van der Waals surface area contributed by atoms with E-state index in [9.17, 15) is 10.1 Å². The molecule has 0 bridgehead atoms. The number of piperazine rings is 1. The second-order valence-electron chi connectivity index (χ2n) is 9.67. The molecule has 1 aliphatic carbocycles. The van der Waals surface area contributed by atoms with Crippen molar-refractivity contribution in [2.24, 2.45) is 5.92 Å². The van der Waals surface area contributed by atoms with Crippen molar-refractivity contribution in [3.63, 3.8) is 0 Å². The predicted molar refractivity (Wildman–Crippen MR) is 139 cm³/mol. The predicted octanol–water partition coefficient (Wildman–Crippen LogP) is 2.46. The molecule has 1 aliphatic heterocycles. The van der Waals surface area contributed by atoms with Gasteiger partial charge < -0.3 is 10.4 Å². The lowest BCUT2D eigenvalue weighted by molar-refractivity contribution is -0.117. The van der Waals surface area contributed by atoms with E-state index in [1.807, 2.05) is 18.3 Å². The van der Waals surface area contributed by atoms with Gasteiger partial charge in [0.2, 0.25) is 5.91 Å². The number of anilines is 1. The van der Waals surface area contributed by atoms with Crippen LogP contribution < -0.4 is 5.32 Å². The highest BCUT2D eigenvalue weighted by Gasteiger charge is 2.30. The van der Waals surface area contributed by atoms with Crippen molar-refractivity contribution in [2.45, 2.75) is 25.8 Å². The highest BCUT2D eigenvalue weighted by molar-refractivity contribution is 5.95. The number of hydrogen-bond acceptors (Lipinski definition) is 8. The Balaban J connectivity index is 1.21. The Bertz CT molecular complexity index is 1280. The Morgan fingerprint density at radius 2 is 1.89 bits per heavy atom. The molecule has 190 valence electrons. The number of carbonyl (C=O) groups is 1. The van der Waals surface area contributed by atoms with Gasteiger partial charge in [-0.25, -0.2) is 9.97 Å². The van der Waals surface area contributed by atoms with E-state index < -0.39 is 0 Å². The highest BCUT2D eigenvalue weighted by atomic mass is 16.3. The molecule has 5 rings (SSSR count). The molecule has 2 aliphatic rings. The largest absolute Gasteiger partial charge is 0.395 e. The minimum Gasteiger partial charge on any atom is -0.395 e. The highest BCUT2D eigenvalue weighted by Crippen LogP contribution is 2.31. The second-order valence-corrected chi connectivity index (χ2v) is 9.67. The van der Waals surface area contributed by atoms with E-state index in [1.54, 1.807) is 18.3 Å². The lowest BCUT2D eigenvalue weighted by Gasteiger charge is -2.34. The van der Waals surface area contributed by atoms with E-state index in [0.717, 1.165) is 74.6 Å². The number of aromatic nitrogens is 3. The van der Waals surface area contributed by atoms with Crippen molar-refractivity contribution in [1.29, 1.82) is 5.26 Å². The Labute approximate surface area is 216 Å². The summed E-state index contributed by atoms with van der Waals surface area (Å²) >= 11 is 0. The van der Waals surface area contributed by atoms with E-state index in [2.05, 4.69) is 43.3 Å². The molecule has 3 aromatic rings. The van der Waals surface area contributed by atoms with Crippen LogP contribution in [-0.4, -0.2) is 75.1 Å². The van der Waals surface area contributed by atoms with Crippen molar-refractivity contribution < 1.29 is 9.90 Å². The zero-order valence-electron chi connectivity index (χ0n) is 20.8. The smallest absolute Gasteiger partial charge is 0.227 e. The number of aliphatic hydroxyl groups is 1. The van der Waals surface area contributed by atoms with Gasteiger partial charge in [-0.3, -0.25) is 19.6 Å². The maximum atomic E-state index is 12.1. The number of amides is 1. The Morgan fingerprint density at radius 1 is 1.08 bits per heavy atom. The number of benzene rings is 1. The third-order valence-corrected chi connectivity index (χ3v) is 6.86. The van der Waals surface area contributed by atoms with Crippen LogP contribution in [-0.2, 0) is 17.8 Å². The summed E-state index contributed by atoms with van der Waals surface area (Å²) in [6.45, 7) is 5.67. The number of nitrogens with one attached hydrogen (secondary N) is 1. The third kappa shape index (κ3) is 6.54. The van der Waals surface area contributed by atoms with Gasteiger partial charge in [0.1, 0.15) is 11.9 Å². The quantitative estimate of drug-likeness (QED) is 0.463. The average molecular weight is 498 g/mol. The van der Waals surface area contributed by atoms with Gasteiger partial charge in [0.15, 0.2) is 0 Å². The Kier molecular flexibility index (Phi) is 7.80. The number of nitriles is 1. The number of nitrogens with zero attached hydrogens (tertiary/aromatic N) is 6. The summed E-state index contributed by atoms with van der Waals surface area (Å²) < 4.78 is 0. The second kappa shape index (κ2) is 11.6. The SMILES string of the molecule is N#Cc1cc(-c2ccnc(Cc3ccc(CN4CCN(CCO)CC4)nc3)n2)ccc1NC(=O)C1CC1. The number of rotatable bonds is 9. The van der Waals surface area contributed by atoms with Crippen LogP contribution in [0.5, 0.6) is 0 Å². The van der Waals surface area contributed by atoms with E-state index in [0.29, 0.717) is 23.5 Å². The van der Waals surface area contributed by atoms with Crippen LogP contribution in [0, 0.1) is 17.2 Å². The van der Waals surface area contributed by atoms with Gasteiger partial charge in [0.25, 0.3) is 0 Å². The average Bonchev–Trinajstić information content (AvgIpc) is 3.77. The molecule has 3 heterocycles. The molecular weight excluding hydrogens is 466 g/mol. The van der Waals surface area contributed by atoms with Crippen molar-refractivity contribution in [3.8, 4) is 17.3 Å². The van der Waals surface area contributed by atoms with Gasteiger partial charge in [-0.2, -0.15) is 5.26 Å². The van der Waals surface area contributed by atoms with Crippen LogP contribution in [0.25, 0.3) is 11.3 Å². The fourth-order valence-corrected chi connectivity index (χ4v) is 4.51. The summed E-state index contributed by atoms with van der Waals surface area (Å²) in [5, 5.41) is 21.6. The van der Waals surface area contributed by atoms with Crippen molar-refractivity contribution in [2.75, 3.05) is 44.6 Å². The molecule has 0 radical (unpaired) electrons. The molecule has 0 atom stereocenters. The molecule has 37 heavy (non-hydrogen) atoms. The maximum Gasteiger partial charge on any atom is 0.227 e. The fourth-order valence-electron chi connectivity index (χ4n) is 4.51. The molecule has 2 aromatic heterocycles. The first-order valence-corrected chi connectivity index (χ1v) is 12.8. The molecule has 1 saturated carbocycles. The lowest BCUT2D eigenvalue weighted by Crippen LogP contribution is -2.46. The van der Waals surface area contributed by atoms with Gasteiger partial charge in [-0.05, 0) is 42.7 Å². The Hall–Kier alpha value is -3.71. The minimum absolute atomic E-state index is 0.0196. The Morgan fingerprint density at radius 3 is 2.59 bits per heavy atom. The molecule has 1 amide bonds. The van der Waals surface area contributed by atoms with E-state index >= 15 is 0 Å². The topological polar surface area (TPSA) is 118 Å². The summed E-state index contributed by atoms with van der Waals surface area (Å²) in [7, 11) is 0. The fraction of sp³-hybridized carbons (Fsp3) is 0.393. The molecular formula is C28H31N7O2. The van der Waals surface area contributed by atoms with Crippen LogP contribution in [0.1, 0.15) is 35.5 Å². The van der Waals surface area contributed by atoms with E-state index in [-0.39, 0.29) is 18.4 Å². The number of carbonyl (C=O) groups excluding carboxylic acids is 1. The molecule has 2 N–H and O–H groups in total. The van der Waals surface area contributed by atoms with Crippen LogP contribution >= 0.6 is 0 Å². The van der Waals surface area contributed by atoms with Crippen LogP contribution in [0.2, 0.25) is 0 Å². The molecule has 1 saturated heterocycles. The first kappa shape index (κ1) is 25.0. The number of pyridine rings is 1. The van der Waals surface area contributed by atoms with Gasteiger partial charge in [0, 0.05) is 69.6 Å². The van der Waals surface area contributed by atoms with Gasteiger partial charge >= 0.3 is 0 Å². The first-order chi connectivity index (χ1) is 18.1. The van der Waals surface area contributed by atoms with Crippen molar-refractivity contribution in [3.05, 3.63) is 71.4 Å².